The molecule has 19 heavy (non-hydrogen) atoms. The highest BCUT2D eigenvalue weighted by Gasteiger charge is 2.30. The summed E-state index contributed by atoms with van der Waals surface area (Å²) in [6, 6.07) is 8.48. The van der Waals surface area contributed by atoms with Gasteiger partial charge in [-0.05, 0) is 61.6 Å². The van der Waals surface area contributed by atoms with Crippen LogP contribution in [0.5, 0.6) is 5.75 Å². The van der Waals surface area contributed by atoms with Gasteiger partial charge in [-0.2, -0.15) is 0 Å². The fourth-order valence-electron chi connectivity index (χ4n) is 3.01. The van der Waals surface area contributed by atoms with Crippen molar-refractivity contribution in [3.05, 3.63) is 29.8 Å². The van der Waals surface area contributed by atoms with Crippen molar-refractivity contribution in [2.45, 2.75) is 52.5 Å². The molecule has 1 saturated carbocycles. The quantitative estimate of drug-likeness (QED) is 0.877. The lowest BCUT2D eigenvalue weighted by Crippen LogP contribution is -2.29. The minimum Gasteiger partial charge on any atom is -0.494 e. The molecule has 1 aliphatic rings. The molecule has 0 spiro atoms. The Hall–Kier alpha value is -1.02. The molecule has 0 aromatic heterocycles. The van der Waals surface area contributed by atoms with Crippen molar-refractivity contribution in [2.75, 3.05) is 6.61 Å². The topological polar surface area (TPSA) is 35.2 Å². The summed E-state index contributed by atoms with van der Waals surface area (Å²) >= 11 is 0. The van der Waals surface area contributed by atoms with Crippen molar-refractivity contribution in [3.63, 3.8) is 0 Å². The van der Waals surface area contributed by atoms with Gasteiger partial charge in [0.25, 0.3) is 0 Å². The van der Waals surface area contributed by atoms with E-state index in [2.05, 4.69) is 26.0 Å². The first-order valence-electron chi connectivity index (χ1n) is 7.50. The first kappa shape index (κ1) is 14.4. The maximum absolute atomic E-state index is 6.44. The lowest BCUT2D eigenvalue weighted by molar-refractivity contribution is 0.173. The summed E-state index contributed by atoms with van der Waals surface area (Å²) in [6.07, 6.45) is 5.09. The Labute approximate surface area is 117 Å². The maximum Gasteiger partial charge on any atom is 0.119 e. The molecule has 0 bridgehead atoms. The van der Waals surface area contributed by atoms with Gasteiger partial charge in [-0.15, -0.1) is 0 Å². The highest BCUT2D eigenvalue weighted by atomic mass is 16.5. The molecule has 1 unspecified atom stereocenters. The van der Waals surface area contributed by atoms with E-state index in [4.69, 9.17) is 10.5 Å². The molecule has 0 saturated heterocycles. The molecule has 2 heteroatoms. The Balaban J connectivity index is 1.97. The van der Waals surface area contributed by atoms with Gasteiger partial charge in [-0.1, -0.05) is 26.0 Å². The van der Waals surface area contributed by atoms with Crippen LogP contribution in [0.25, 0.3) is 0 Å². The highest BCUT2D eigenvalue weighted by Crippen LogP contribution is 2.42. The first-order valence-corrected chi connectivity index (χ1v) is 7.50. The zero-order valence-corrected chi connectivity index (χ0v) is 12.5. The third kappa shape index (κ3) is 3.73. The molecule has 2 rings (SSSR count). The first-order chi connectivity index (χ1) is 9.02. The van der Waals surface area contributed by atoms with E-state index >= 15 is 0 Å². The average Bonchev–Trinajstić information content (AvgIpc) is 2.39. The van der Waals surface area contributed by atoms with Crippen LogP contribution in [0.4, 0.5) is 0 Å². The predicted octanol–water partition coefficient (Wildman–Crippen LogP) is 4.30. The van der Waals surface area contributed by atoms with Crippen molar-refractivity contribution >= 4 is 0 Å². The molecule has 1 fully saturated rings. The van der Waals surface area contributed by atoms with Gasteiger partial charge in [-0.3, -0.25) is 0 Å². The van der Waals surface area contributed by atoms with Gasteiger partial charge in [0.2, 0.25) is 0 Å². The van der Waals surface area contributed by atoms with E-state index in [1.807, 2.05) is 19.1 Å². The molecule has 0 heterocycles. The van der Waals surface area contributed by atoms with Crippen LogP contribution < -0.4 is 10.5 Å². The number of hydrogen-bond donors (Lipinski definition) is 1. The van der Waals surface area contributed by atoms with Crippen LogP contribution in [0.1, 0.15) is 58.1 Å². The fraction of sp³-hybridized carbons (Fsp3) is 0.647. The monoisotopic (exact) mass is 261 g/mol. The van der Waals surface area contributed by atoms with Gasteiger partial charge < -0.3 is 10.5 Å². The van der Waals surface area contributed by atoms with E-state index in [0.29, 0.717) is 17.9 Å². The largest absolute Gasteiger partial charge is 0.494 e. The van der Waals surface area contributed by atoms with Crippen LogP contribution >= 0.6 is 0 Å². The Kier molecular flexibility index (Phi) is 4.51. The zero-order chi connectivity index (χ0) is 13.9. The van der Waals surface area contributed by atoms with Crippen LogP contribution in [0.2, 0.25) is 0 Å². The zero-order valence-electron chi connectivity index (χ0n) is 12.5. The van der Waals surface area contributed by atoms with Crippen LogP contribution in [0.15, 0.2) is 24.3 Å². The van der Waals surface area contributed by atoms with Gasteiger partial charge in [0, 0.05) is 6.04 Å². The summed E-state index contributed by atoms with van der Waals surface area (Å²) in [7, 11) is 0. The second-order valence-electron chi connectivity index (χ2n) is 6.53. The lowest BCUT2D eigenvalue weighted by atomic mass is 9.70. The van der Waals surface area contributed by atoms with Gasteiger partial charge in [0.05, 0.1) is 6.61 Å². The van der Waals surface area contributed by atoms with E-state index in [1.54, 1.807) is 0 Å². The SMILES string of the molecule is CCOc1ccc(C(N)C2CCC(C)(C)CC2)cc1. The molecule has 106 valence electrons. The number of ether oxygens (including phenoxy) is 1. The van der Waals surface area contributed by atoms with Gasteiger partial charge >= 0.3 is 0 Å². The number of hydrogen-bond acceptors (Lipinski definition) is 2. The average molecular weight is 261 g/mol. The smallest absolute Gasteiger partial charge is 0.119 e. The molecule has 2 nitrogen and oxygen atoms in total. The van der Waals surface area contributed by atoms with Crippen LogP contribution in [-0.2, 0) is 0 Å². The summed E-state index contributed by atoms with van der Waals surface area (Å²) in [5.74, 6) is 1.56. The predicted molar refractivity (Wildman–Crippen MR) is 80.3 cm³/mol. The molecule has 2 N–H and O–H groups in total. The second-order valence-corrected chi connectivity index (χ2v) is 6.53. The molecule has 1 atom stereocenters. The lowest BCUT2D eigenvalue weighted by Gasteiger charge is -2.37. The van der Waals surface area contributed by atoms with E-state index < -0.39 is 0 Å². The molecule has 0 aliphatic heterocycles. The Morgan fingerprint density at radius 3 is 2.32 bits per heavy atom. The third-order valence-corrected chi connectivity index (χ3v) is 4.47. The number of rotatable bonds is 4. The third-order valence-electron chi connectivity index (χ3n) is 4.47. The summed E-state index contributed by atoms with van der Waals surface area (Å²) < 4.78 is 5.47. The van der Waals surface area contributed by atoms with Crippen molar-refractivity contribution in [3.8, 4) is 5.75 Å². The second kappa shape index (κ2) is 5.96. The standard InChI is InChI=1S/C17H27NO/c1-4-19-15-7-5-13(6-8-15)16(18)14-9-11-17(2,3)12-10-14/h5-8,14,16H,4,9-12,18H2,1-3H3. The van der Waals surface area contributed by atoms with Crippen molar-refractivity contribution in [2.24, 2.45) is 17.1 Å². The Bertz CT molecular complexity index is 386. The van der Waals surface area contributed by atoms with Gasteiger partial charge in [0.1, 0.15) is 5.75 Å². The van der Waals surface area contributed by atoms with Gasteiger partial charge in [-0.25, -0.2) is 0 Å². The van der Waals surface area contributed by atoms with Crippen LogP contribution in [0, 0.1) is 11.3 Å². The van der Waals surface area contributed by atoms with Gasteiger partial charge in [0.15, 0.2) is 0 Å². The molecule has 1 aliphatic carbocycles. The van der Waals surface area contributed by atoms with E-state index in [9.17, 15) is 0 Å². The number of benzene rings is 1. The number of nitrogens with two attached hydrogens (primary N) is 1. The van der Waals surface area contributed by atoms with Crippen molar-refractivity contribution in [1.29, 1.82) is 0 Å². The molecule has 0 amide bonds. The van der Waals surface area contributed by atoms with E-state index in [0.717, 1.165) is 5.75 Å². The minimum absolute atomic E-state index is 0.173. The highest BCUT2D eigenvalue weighted by molar-refractivity contribution is 5.29. The summed E-state index contributed by atoms with van der Waals surface area (Å²) in [5.41, 5.74) is 8.19. The van der Waals surface area contributed by atoms with E-state index in [1.165, 1.54) is 31.2 Å². The Morgan fingerprint density at radius 1 is 1.21 bits per heavy atom. The molecule has 0 radical (unpaired) electrons. The Morgan fingerprint density at radius 2 is 1.79 bits per heavy atom. The molecular formula is C17H27NO. The van der Waals surface area contributed by atoms with Crippen molar-refractivity contribution < 1.29 is 4.74 Å². The van der Waals surface area contributed by atoms with Crippen LogP contribution in [0.3, 0.4) is 0 Å². The molecule has 1 aromatic rings. The maximum atomic E-state index is 6.44. The minimum atomic E-state index is 0.173. The normalized spacial score (nSPS) is 21.1. The van der Waals surface area contributed by atoms with Crippen molar-refractivity contribution in [1.82, 2.24) is 0 Å². The van der Waals surface area contributed by atoms with Crippen LogP contribution in [-0.4, -0.2) is 6.61 Å². The van der Waals surface area contributed by atoms with E-state index in [-0.39, 0.29) is 6.04 Å². The summed E-state index contributed by atoms with van der Waals surface area (Å²) in [5, 5.41) is 0. The fourth-order valence-corrected chi connectivity index (χ4v) is 3.01. The summed E-state index contributed by atoms with van der Waals surface area (Å²) in [4.78, 5) is 0. The molecule has 1 aromatic carbocycles. The molecular weight excluding hydrogens is 234 g/mol. The summed E-state index contributed by atoms with van der Waals surface area (Å²) in [6.45, 7) is 7.45.